The molecule has 0 saturated heterocycles. The Morgan fingerprint density at radius 2 is 1.26 bits per heavy atom. The minimum atomic E-state index is -5.44. The van der Waals surface area contributed by atoms with Crippen LogP contribution >= 0.6 is 0 Å². The first-order chi connectivity index (χ1) is 25.1. The number of phenols is 1. The van der Waals surface area contributed by atoms with Crippen molar-refractivity contribution in [3.63, 3.8) is 0 Å². The fourth-order valence-electron chi connectivity index (χ4n) is 4.37. The Balaban J connectivity index is 0.00000420. The van der Waals surface area contributed by atoms with Crippen molar-refractivity contribution in [2.24, 2.45) is 20.5 Å². The summed E-state index contributed by atoms with van der Waals surface area (Å²) in [6, 6.07) is 11.4. The van der Waals surface area contributed by atoms with Gasteiger partial charge in [-0.25, -0.2) is 33.7 Å². The van der Waals surface area contributed by atoms with E-state index in [-0.39, 0.29) is 146 Å². The van der Waals surface area contributed by atoms with Crippen molar-refractivity contribution < 1.29 is 180 Å². The summed E-state index contributed by atoms with van der Waals surface area (Å²) in [5, 5.41) is 30.3. The molecule has 4 aromatic carbocycles. The van der Waals surface area contributed by atoms with Crippen LogP contribution < -0.4 is 129 Å². The van der Waals surface area contributed by atoms with Crippen molar-refractivity contribution in [1.82, 2.24) is 15.0 Å². The van der Waals surface area contributed by atoms with Crippen LogP contribution in [0.25, 0.3) is 10.8 Å². The van der Waals surface area contributed by atoms with E-state index in [1.54, 1.807) is 0 Å². The van der Waals surface area contributed by atoms with Crippen molar-refractivity contribution in [3.05, 3.63) is 72.8 Å². The smallest absolute Gasteiger partial charge is 0.748 e. The number of fused-ring (bicyclic) bond motifs is 1. The van der Waals surface area contributed by atoms with Gasteiger partial charge in [0.15, 0.2) is 5.75 Å². The second-order valence-electron chi connectivity index (χ2n) is 10.5. The Bertz CT molecular complexity index is 2830. The summed E-state index contributed by atoms with van der Waals surface area (Å²) >= 11 is 0. The number of nitrogens with one attached hydrogen (secondary N) is 2. The Morgan fingerprint density at radius 1 is 0.672 bits per heavy atom. The summed E-state index contributed by atoms with van der Waals surface area (Å²) in [5.41, 5.74) is -1.76. The maximum Gasteiger partial charge on any atom is 1.00 e. The van der Waals surface area contributed by atoms with Gasteiger partial charge >= 0.3 is 125 Å². The molecule has 0 atom stereocenters. The maximum absolute atomic E-state index is 14.0. The van der Waals surface area contributed by atoms with Crippen LogP contribution in [0.5, 0.6) is 5.75 Å². The monoisotopic (exact) mass is 899 g/mol. The molecular weight excluding hydrogens is 882 g/mol. The zero-order valence-electron chi connectivity index (χ0n) is 30.3. The molecule has 58 heavy (non-hydrogen) atoms. The van der Waals surface area contributed by atoms with E-state index in [1.807, 2.05) is 0 Å². The molecule has 0 spiro atoms. The normalized spacial score (nSPS) is 11.9. The van der Waals surface area contributed by atoms with Crippen molar-refractivity contribution in [3.8, 4) is 5.75 Å². The van der Waals surface area contributed by atoms with Crippen LogP contribution in [0, 0.1) is 6.08 Å². The Labute approximate surface area is 417 Å². The van der Waals surface area contributed by atoms with E-state index < -0.39 is 103 Å². The van der Waals surface area contributed by atoms with Crippen LogP contribution in [0.15, 0.2) is 102 Å². The first kappa shape index (κ1) is 54.2. The zero-order chi connectivity index (χ0) is 39.6. The molecule has 3 N–H and O–H groups in total. The molecule has 22 nitrogen and oxygen atoms in total. The summed E-state index contributed by atoms with van der Waals surface area (Å²) in [7, 11) is -20.1. The number of nitrogens with zero attached hydrogens (tertiary/aromatic N) is 7. The third kappa shape index (κ3) is 15.0. The third-order valence-corrected chi connectivity index (χ3v) is 9.97. The predicted molar refractivity (Wildman–Crippen MR) is 177 cm³/mol. The molecule has 1 heterocycles. The minimum Gasteiger partial charge on any atom is -0.748 e. The molecule has 0 saturated carbocycles. The molecule has 5 rings (SSSR count). The average molecular weight is 900 g/mol. The third-order valence-electron chi connectivity index (χ3n) is 6.70. The second kappa shape index (κ2) is 21.8. The molecule has 0 aliphatic carbocycles. The van der Waals surface area contributed by atoms with E-state index in [1.165, 1.54) is 18.2 Å². The molecular formula is C27H18FKLi2N9NaO13S4. The van der Waals surface area contributed by atoms with Gasteiger partial charge in [0.05, 0.1) is 41.9 Å². The number of aromatic hydroxyl groups is 1. The number of aromatic nitrogens is 3. The topological polar surface area (TPSA) is 361 Å². The first-order valence-corrected chi connectivity index (χ1v) is 20.0. The largest absolute Gasteiger partial charge is 1.00 e. The predicted octanol–water partition coefficient (Wildman–Crippen LogP) is -8.87. The van der Waals surface area contributed by atoms with E-state index in [4.69, 9.17) is 0 Å². The fourth-order valence-corrected chi connectivity index (χ4v) is 6.46. The van der Waals surface area contributed by atoms with Crippen molar-refractivity contribution in [1.29, 1.82) is 0 Å². The van der Waals surface area contributed by atoms with Crippen LogP contribution in [0.4, 0.5) is 44.7 Å². The molecule has 0 amide bonds. The van der Waals surface area contributed by atoms with Gasteiger partial charge < -0.3 is 34.0 Å². The second-order valence-corrected chi connectivity index (χ2v) is 16.1. The van der Waals surface area contributed by atoms with Gasteiger partial charge in [-0.2, -0.15) is 29.6 Å². The van der Waals surface area contributed by atoms with Crippen LogP contribution in [0.3, 0.4) is 0 Å². The van der Waals surface area contributed by atoms with E-state index >= 15 is 0 Å². The molecule has 1 aromatic heterocycles. The van der Waals surface area contributed by atoms with Gasteiger partial charge in [0.25, 0.3) is 0 Å². The van der Waals surface area contributed by atoms with Crippen molar-refractivity contribution in [2.75, 3.05) is 22.9 Å². The number of benzene rings is 4. The molecule has 31 heteroatoms. The van der Waals surface area contributed by atoms with Crippen LogP contribution in [0.2, 0.25) is 0 Å². The van der Waals surface area contributed by atoms with E-state index in [9.17, 15) is 61.4 Å². The van der Waals surface area contributed by atoms with Crippen molar-refractivity contribution >= 4 is 91.6 Å². The van der Waals surface area contributed by atoms with Crippen LogP contribution in [0.1, 0.15) is 0 Å². The number of hydrogen-bond acceptors (Lipinski definition) is 22. The number of azo groups is 2. The van der Waals surface area contributed by atoms with Gasteiger partial charge in [0, 0.05) is 17.6 Å². The van der Waals surface area contributed by atoms with Crippen LogP contribution in [-0.2, 0) is 40.5 Å². The van der Waals surface area contributed by atoms with Gasteiger partial charge in [-0.3, -0.25) is 0 Å². The standard InChI is InChI=1S/C27H22FN9O13S4.K.2Li.Na/c28-25-31-26(29-9-10-51(39,40)41)33-27(32-25)30-16-3-7-19-14(11-16)12-22(54(48,49)50)23(24(19)38)37-36-20-8-4-17(13-21(20)53(45,46)47)35-34-15-1-5-18(6-2-15)52(42,43)44;;;;/h1-8,11-13,38H,9-10H2,(H,39,40,41)(H,42,43,44)(H,45,46,47)(H,48,49,50)(H2,29,30,31,32,33);;;;/q;4*+1/p-4. The number of phenolic OH excluding ortho intramolecular Hbond substituents is 1. The number of halogens is 1. The fraction of sp³-hybridized carbons (Fsp3) is 0.0741. The van der Waals surface area contributed by atoms with Gasteiger partial charge in [-0.05, 0) is 72.1 Å². The van der Waals surface area contributed by atoms with Gasteiger partial charge in [-0.15, -0.1) is 10.2 Å². The molecule has 0 aliphatic heterocycles. The quantitative estimate of drug-likeness (QED) is 0.0561. The molecule has 284 valence electrons. The average Bonchev–Trinajstić information content (AvgIpc) is 3.05. The van der Waals surface area contributed by atoms with Crippen LogP contribution in [-0.4, -0.2) is 84.2 Å². The summed E-state index contributed by atoms with van der Waals surface area (Å²) in [4.78, 5) is 7.87. The van der Waals surface area contributed by atoms with E-state index in [2.05, 4.69) is 46.0 Å². The summed E-state index contributed by atoms with van der Waals surface area (Å²) in [6.45, 7) is -0.457. The summed E-state index contributed by atoms with van der Waals surface area (Å²) in [6.07, 6.45) is -1.32. The molecule has 0 fully saturated rings. The molecule has 5 aromatic rings. The Kier molecular flexibility index (Phi) is 20.4. The number of rotatable bonds is 13. The molecule has 0 bridgehead atoms. The Hall–Kier alpha value is -1.85. The minimum absolute atomic E-state index is 0. The van der Waals surface area contributed by atoms with E-state index in [0.29, 0.717) is 0 Å². The Morgan fingerprint density at radius 3 is 1.84 bits per heavy atom. The summed E-state index contributed by atoms with van der Waals surface area (Å²) < 4.78 is 153. The summed E-state index contributed by atoms with van der Waals surface area (Å²) in [5.74, 6) is -2.66. The van der Waals surface area contributed by atoms with Gasteiger partial charge in [0.2, 0.25) is 11.9 Å². The van der Waals surface area contributed by atoms with Gasteiger partial charge in [0.1, 0.15) is 41.7 Å². The van der Waals surface area contributed by atoms with E-state index in [0.717, 1.165) is 48.5 Å². The number of anilines is 3. The zero-order valence-corrected chi connectivity index (χ0v) is 38.6. The molecule has 0 aliphatic rings. The number of hydrogen-bond donors (Lipinski definition) is 3. The maximum atomic E-state index is 14.0. The van der Waals surface area contributed by atoms with Crippen molar-refractivity contribution in [2.45, 2.75) is 14.7 Å². The molecule has 0 radical (unpaired) electrons. The SMILES string of the molecule is O=S(=O)([O-])CCNc1nc(F)nc(Nc2ccc3c(O)c(N=Nc4ccc(N=Nc5ccc(S(=O)(=O)[O-])cc5)cc4S(=O)(=O)[O-])c(S(=O)(=O)[O-])cc3c2)n1.[K+].[Li+].[Li+].[Na+]. The first-order valence-electron chi connectivity index (χ1n) is 14.2. The van der Waals surface area contributed by atoms with Gasteiger partial charge in [-0.1, -0.05) is 0 Å². The molecule has 0 unspecified atom stereocenters.